The van der Waals surface area contributed by atoms with Crippen LogP contribution in [0.15, 0.2) is 0 Å². The van der Waals surface area contributed by atoms with Gasteiger partial charge in [-0.15, -0.1) is 0 Å². The van der Waals surface area contributed by atoms with E-state index >= 15 is 0 Å². The van der Waals surface area contributed by atoms with Crippen molar-refractivity contribution in [2.24, 2.45) is 0 Å². The van der Waals surface area contributed by atoms with Crippen LogP contribution in [0.25, 0.3) is 0 Å². The molecule has 54 valence electrons. The molecule has 2 heteroatoms. The Morgan fingerprint density at radius 3 is 2.44 bits per heavy atom. The maximum absolute atomic E-state index is 8.76. The summed E-state index contributed by atoms with van der Waals surface area (Å²) in [4.78, 5) is 2.32. The maximum Gasteiger partial charge on any atom is 0.0587 e. The van der Waals surface area contributed by atoms with Crippen LogP contribution < -0.4 is 0 Å². The second kappa shape index (κ2) is 2.67. The molecule has 0 aromatic carbocycles. The Balaban J connectivity index is 2.27. The summed E-state index contributed by atoms with van der Waals surface area (Å²) in [7, 11) is 0. The summed E-state index contributed by atoms with van der Waals surface area (Å²) >= 11 is 0. The van der Waals surface area contributed by atoms with E-state index in [2.05, 4.69) is 18.7 Å². The molecule has 0 aromatic heterocycles. The molecule has 9 heavy (non-hydrogen) atoms. The zero-order valence-electron chi connectivity index (χ0n) is 6.17. The van der Waals surface area contributed by atoms with E-state index in [-0.39, 0.29) is 0 Å². The Labute approximate surface area is 56.5 Å². The Morgan fingerprint density at radius 2 is 2.33 bits per heavy atom. The summed E-state index contributed by atoms with van der Waals surface area (Å²) in [5.74, 6) is 0. The summed E-state index contributed by atoms with van der Waals surface area (Å²) in [5, 5.41) is 8.76. The minimum Gasteiger partial charge on any atom is -0.395 e. The summed E-state index contributed by atoms with van der Waals surface area (Å²) in [6.07, 6.45) is 1.18. The molecule has 0 unspecified atom stereocenters. The second-order valence-electron chi connectivity index (χ2n) is 2.96. The number of aliphatic hydroxyl groups is 1. The van der Waals surface area contributed by atoms with Gasteiger partial charge in [0.15, 0.2) is 0 Å². The average Bonchev–Trinajstić information content (AvgIpc) is 1.61. The van der Waals surface area contributed by atoms with E-state index in [9.17, 15) is 0 Å². The zero-order valence-corrected chi connectivity index (χ0v) is 6.17. The Hall–Kier alpha value is -0.0800. The average molecular weight is 129 g/mol. The molecule has 0 bridgehead atoms. The van der Waals surface area contributed by atoms with Crippen molar-refractivity contribution in [1.82, 2.24) is 4.90 Å². The molecule has 1 atom stereocenters. The van der Waals surface area contributed by atoms with Crippen molar-refractivity contribution in [3.8, 4) is 0 Å². The number of nitrogens with zero attached hydrogens (tertiary/aromatic N) is 1. The fourth-order valence-corrected chi connectivity index (χ4v) is 1.34. The van der Waals surface area contributed by atoms with E-state index in [0.29, 0.717) is 18.7 Å². The normalized spacial score (nSPS) is 28.7. The highest BCUT2D eigenvalue weighted by atomic mass is 16.3. The van der Waals surface area contributed by atoms with Gasteiger partial charge in [-0.25, -0.2) is 0 Å². The van der Waals surface area contributed by atoms with Crippen LogP contribution in [0.4, 0.5) is 0 Å². The van der Waals surface area contributed by atoms with E-state index in [1.807, 2.05) is 0 Å². The monoisotopic (exact) mass is 129 g/mol. The highest BCUT2D eigenvalue weighted by molar-refractivity contribution is 4.83. The summed E-state index contributed by atoms with van der Waals surface area (Å²) in [5.41, 5.74) is 0. The second-order valence-corrected chi connectivity index (χ2v) is 2.96. The van der Waals surface area contributed by atoms with Crippen molar-refractivity contribution in [2.45, 2.75) is 32.4 Å². The number of aliphatic hydroxyl groups excluding tert-OH is 1. The van der Waals surface area contributed by atoms with Gasteiger partial charge in [0.25, 0.3) is 0 Å². The largest absolute Gasteiger partial charge is 0.395 e. The zero-order chi connectivity index (χ0) is 6.85. The molecule has 0 radical (unpaired) electrons. The number of likely N-dealkylation sites (tertiary alicyclic amines) is 1. The number of rotatable bonds is 2. The molecular weight excluding hydrogens is 114 g/mol. The minimum atomic E-state index is 0.332. The first-order valence-electron chi connectivity index (χ1n) is 3.62. The third kappa shape index (κ3) is 1.25. The Bertz CT molecular complexity index is 90.9. The third-order valence-electron chi connectivity index (χ3n) is 2.06. The lowest BCUT2D eigenvalue weighted by Crippen LogP contribution is -2.53. The molecule has 0 aromatic rings. The van der Waals surface area contributed by atoms with Crippen LogP contribution in [0, 0.1) is 0 Å². The van der Waals surface area contributed by atoms with Crippen LogP contribution in [0.3, 0.4) is 0 Å². The van der Waals surface area contributed by atoms with Crippen LogP contribution in [0.2, 0.25) is 0 Å². The molecule has 1 rings (SSSR count). The van der Waals surface area contributed by atoms with Crippen molar-refractivity contribution in [1.29, 1.82) is 0 Å². The highest BCUT2D eigenvalue weighted by Crippen LogP contribution is 2.18. The van der Waals surface area contributed by atoms with Gasteiger partial charge in [0.05, 0.1) is 6.61 Å². The molecule has 1 N–H and O–H groups in total. The summed E-state index contributed by atoms with van der Waals surface area (Å²) in [6.45, 7) is 5.84. The topological polar surface area (TPSA) is 23.5 Å². The van der Waals surface area contributed by atoms with E-state index in [0.717, 1.165) is 0 Å². The molecule has 0 amide bonds. The summed E-state index contributed by atoms with van der Waals surface area (Å²) in [6, 6.07) is 1.07. The maximum atomic E-state index is 8.76. The minimum absolute atomic E-state index is 0.332. The van der Waals surface area contributed by atoms with Crippen LogP contribution in [0.5, 0.6) is 0 Å². The standard InChI is InChI=1S/C7H15NO/c1-6(2)8-4-3-7(8)5-9/h6-7,9H,3-5H2,1-2H3/t7-/m1/s1. The van der Waals surface area contributed by atoms with Crippen LogP contribution in [0.1, 0.15) is 20.3 Å². The quantitative estimate of drug-likeness (QED) is 0.585. The lowest BCUT2D eigenvalue weighted by Gasteiger charge is -2.42. The highest BCUT2D eigenvalue weighted by Gasteiger charge is 2.28. The van der Waals surface area contributed by atoms with Crippen LogP contribution >= 0.6 is 0 Å². The van der Waals surface area contributed by atoms with E-state index in [4.69, 9.17) is 5.11 Å². The first-order valence-corrected chi connectivity index (χ1v) is 3.62. The lowest BCUT2D eigenvalue weighted by atomic mass is 10.0. The molecule has 0 spiro atoms. The predicted octanol–water partition coefficient (Wildman–Crippen LogP) is 0.461. The van der Waals surface area contributed by atoms with Gasteiger partial charge in [-0.3, -0.25) is 4.90 Å². The molecule has 0 saturated carbocycles. The molecule has 0 aliphatic carbocycles. The fourth-order valence-electron chi connectivity index (χ4n) is 1.34. The molecule has 1 aliphatic rings. The van der Waals surface area contributed by atoms with Gasteiger partial charge in [0.1, 0.15) is 0 Å². The molecular formula is C7H15NO. The first kappa shape index (κ1) is 7.03. The van der Waals surface area contributed by atoms with Crippen molar-refractivity contribution in [2.75, 3.05) is 13.2 Å². The van der Waals surface area contributed by atoms with Crippen LogP contribution in [-0.2, 0) is 0 Å². The first-order chi connectivity index (χ1) is 4.25. The van der Waals surface area contributed by atoms with Crippen molar-refractivity contribution < 1.29 is 5.11 Å². The van der Waals surface area contributed by atoms with Crippen molar-refractivity contribution >= 4 is 0 Å². The van der Waals surface area contributed by atoms with Gasteiger partial charge in [0, 0.05) is 18.6 Å². The van der Waals surface area contributed by atoms with Gasteiger partial charge in [-0.2, -0.15) is 0 Å². The van der Waals surface area contributed by atoms with Gasteiger partial charge >= 0.3 is 0 Å². The number of hydrogen-bond acceptors (Lipinski definition) is 2. The molecule has 1 saturated heterocycles. The lowest BCUT2D eigenvalue weighted by molar-refractivity contribution is 0.0171. The van der Waals surface area contributed by atoms with E-state index < -0.39 is 0 Å². The van der Waals surface area contributed by atoms with Crippen molar-refractivity contribution in [3.05, 3.63) is 0 Å². The fraction of sp³-hybridized carbons (Fsp3) is 1.00. The molecule has 1 fully saturated rings. The Kier molecular flexibility index (Phi) is 2.09. The van der Waals surface area contributed by atoms with Crippen LogP contribution in [-0.4, -0.2) is 35.2 Å². The smallest absolute Gasteiger partial charge is 0.0587 e. The predicted molar refractivity (Wildman–Crippen MR) is 37.3 cm³/mol. The Morgan fingerprint density at radius 1 is 1.67 bits per heavy atom. The molecule has 2 nitrogen and oxygen atoms in total. The number of hydrogen-bond donors (Lipinski definition) is 1. The van der Waals surface area contributed by atoms with Gasteiger partial charge in [-0.1, -0.05) is 0 Å². The van der Waals surface area contributed by atoms with E-state index in [1.54, 1.807) is 0 Å². The van der Waals surface area contributed by atoms with E-state index in [1.165, 1.54) is 13.0 Å². The van der Waals surface area contributed by atoms with Gasteiger partial charge < -0.3 is 5.11 Å². The van der Waals surface area contributed by atoms with Gasteiger partial charge in [-0.05, 0) is 20.3 Å². The third-order valence-corrected chi connectivity index (χ3v) is 2.06. The van der Waals surface area contributed by atoms with Crippen molar-refractivity contribution in [3.63, 3.8) is 0 Å². The summed E-state index contributed by atoms with van der Waals surface area (Å²) < 4.78 is 0. The van der Waals surface area contributed by atoms with Gasteiger partial charge in [0.2, 0.25) is 0 Å². The SMILES string of the molecule is CC(C)N1CC[C@@H]1CO. The molecule has 1 heterocycles. The molecule has 1 aliphatic heterocycles.